The normalized spacial score (nSPS) is 11.2. The van der Waals surface area contributed by atoms with E-state index in [4.69, 9.17) is 0 Å². The standard InChI is InChI=1S/C23H21N5O3S/c1-16-4-7-18(8-5-16)27-32(30,31)20-10-6-17(2)21(14-20)23(29)26-19-9-11-22(24-15-19)28-13-3-12-25-28/h3-15,27H,1-2H3,(H,26,29). The maximum atomic E-state index is 12.9. The number of hydrogen-bond acceptors (Lipinski definition) is 5. The second-order valence-corrected chi connectivity index (χ2v) is 8.94. The molecule has 162 valence electrons. The first-order valence-corrected chi connectivity index (χ1v) is 11.3. The van der Waals surface area contributed by atoms with Crippen molar-refractivity contribution in [1.82, 2.24) is 14.8 Å². The van der Waals surface area contributed by atoms with Crippen LogP contribution >= 0.6 is 0 Å². The molecule has 0 aliphatic rings. The van der Waals surface area contributed by atoms with Crippen molar-refractivity contribution in [2.24, 2.45) is 0 Å². The van der Waals surface area contributed by atoms with Crippen molar-refractivity contribution >= 4 is 27.3 Å². The van der Waals surface area contributed by atoms with E-state index >= 15 is 0 Å². The average Bonchev–Trinajstić information content (AvgIpc) is 3.31. The number of benzene rings is 2. The van der Waals surface area contributed by atoms with Gasteiger partial charge in [0.2, 0.25) is 0 Å². The van der Waals surface area contributed by atoms with Gasteiger partial charge in [-0.3, -0.25) is 9.52 Å². The molecule has 9 heteroatoms. The van der Waals surface area contributed by atoms with Crippen LogP contribution in [0.15, 0.2) is 84.1 Å². The summed E-state index contributed by atoms with van der Waals surface area (Å²) >= 11 is 0. The van der Waals surface area contributed by atoms with Crippen molar-refractivity contribution in [1.29, 1.82) is 0 Å². The molecule has 0 bridgehead atoms. The molecule has 0 aliphatic heterocycles. The minimum absolute atomic E-state index is 0.000907. The molecule has 32 heavy (non-hydrogen) atoms. The van der Waals surface area contributed by atoms with E-state index < -0.39 is 15.9 Å². The summed E-state index contributed by atoms with van der Waals surface area (Å²) in [4.78, 5) is 17.1. The molecule has 2 N–H and O–H groups in total. The summed E-state index contributed by atoms with van der Waals surface area (Å²) in [7, 11) is -3.85. The third-order valence-electron chi connectivity index (χ3n) is 4.81. The quantitative estimate of drug-likeness (QED) is 0.466. The first kappa shape index (κ1) is 21.3. The third-order valence-corrected chi connectivity index (χ3v) is 6.19. The zero-order valence-corrected chi connectivity index (χ0v) is 18.3. The first-order valence-electron chi connectivity index (χ1n) is 9.79. The molecule has 0 unspecified atom stereocenters. The Morgan fingerprint density at radius 3 is 2.38 bits per heavy atom. The molecule has 2 aromatic heterocycles. The number of pyridine rings is 1. The van der Waals surface area contributed by atoms with E-state index in [1.165, 1.54) is 18.3 Å². The van der Waals surface area contributed by atoms with Gasteiger partial charge in [-0.25, -0.2) is 18.1 Å². The highest BCUT2D eigenvalue weighted by Crippen LogP contribution is 2.21. The molecule has 0 radical (unpaired) electrons. The Balaban J connectivity index is 1.54. The van der Waals surface area contributed by atoms with Crippen molar-refractivity contribution in [2.75, 3.05) is 10.0 Å². The Kier molecular flexibility index (Phi) is 5.74. The summed E-state index contributed by atoms with van der Waals surface area (Å²) in [5, 5.41) is 6.87. The molecule has 8 nitrogen and oxygen atoms in total. The van der Waals surface area contributed by atoms with Gasteiger partial charge in [-0.15, -0.1) is 0 Å². The predicted molar refractivity (Wildman–Crippen MR) is 122 cm³/mol. The molecular weight excluding hydrogens is 426 g/mol. The number of nitrogens with zero attached hydrogens (tertiary/aromatic N) is 3. The van der Waals surface area contributed by atoms with Crippen LogP contribution in [0.4, 0.5) is 11.4 Å². The molecule has 0 saturated carbocycles. The van der Waals surface area contributed by atoms with E-state index in [1.807, 2.05) is 19.1 Å². The minimum Gasteiger partial charge on any atom is -0.321 e. The van der Waals surface area contributed by atoms with Crippen molar-refractivity contribution < 1.29 is 13.2 Å². The lowest BCUT2D eigenvalue weighted by atomic mass is 10.1. The fourth-order valence-corrected chi connectivity index (χ4v) is 4.13. The van der Waals surface area contributed by atoms with Crippen LogP contribution in [0.2, 0.25) is 0 Å². The lowest BCUT2D eigenvalue weighted by Crippen LogP contribution is -2.17. The van der Waals surface area contributed by atoms with Gasteiger partial charge in [0, 0.05) is 23.6 Å². The van der Waals surface area contributed by atoms with Crippen molar-refractivity contribution in [3.63, 3.8) is 0 Å². The molecule has 0 atom stereocenters. The maximum absolute atomic E-state index is 12.9. The van der Waals surface area contributed by atoms with Crippen LogP contribution in [0.5, 0.6) is 0 Å². The SMILES string of the molecule is Cc1ccc(NS(=O)(=O)c2ccc(C)c(C(=O)Nc3ccc(-n4cccn4)nc3)c2)cc1. The van der Waals surface area contributed by atoms with E-state index in [0.717, 1.165) is 5.56 Å². The summed E-state index contributed by atoms with van der Waals surface area (Å²) in [6.07, 6.45) is 4.93. The van der Waals surface area contributed by atoms with E-state index in [-0.39, 0.29) is 10.5 Å². The Morgan fingerprint density at radius 2 is 1.72 bits per heavy atom. The zero-order chi connectivity index (χ0) is 22.7. The highest BCUT2D eigenvalue weighted by molar-refractivity contribution is 7.92. The Bertz CT molecular complexity index is 1350. The molecule has 4 aromatic rings. The molecule has 0 saturated heterocycles. The molecule has 4 rings (SSSR count). The summed E-state index contributed by atoms with van der Waals surface area (Å²) in [6, 6.07) is 16.7. The van der Waals surface area contributed by atoms with Crippen LogP contribution in [0, 0.1) is 13.8 Å². The number of hydrogen-bond donors (Lipinski definition) is 2. The van der Waals surface area contributed by atoms with Crippen LogP contribution < -0.4 is 10.0 Å². The lowest BCUT2D eigenvalue weighted by Gasteiger charge is -2.12. The van der Waals surface area contributed by atoms with Gasteiger partial charge in [-0.2, -0.15) is 5.10 Å². The Morgan fingerprint density at radius 1 is 0.969 bits per heavy atom. The number of amides is 1. The molecule has 2 heterocycles. The second kappa shape index (κ2) is 8.64. The van der Waals surface area contributed by atoms with Crippen LogP contribution in [0.1, 0.15) is 21.5 Å². The van der Waals surface area contributed by atoms with Gasteiger partial charge in [0.1, 0.15) is 0 Å². The van der Waals surface area contributed by atoms with Crippen LogP contribution in [-0.2, 0) is 10.0 Å². The smallest absolute Gasteiger partial charge is 0.261 e. The number of aryl methyl sites for hydroxylation is 2. The van der Waals surface area contributed by atoms with Crippen LogP contribution in [-0.4, -0.2) is 29.1 Å². The monoisotopic (exact) mass is 447 g/mol. The van der Waals surface area contributed by atoms with Gasteiger partial charge < -0.3 is 5.32 Å². The molecule has 2 aromatic carbocycles. The minimum atomic E-state index is -3.85. The Hall–Kier alpha value is -3.98. The molecular formula is C23H21N5O3S. The molecule has 0 spiro atoms. The van der Waals surface area contributed by atoms with Gasteiger partial charge in [-0.05, 0) is 61.9 Å². The summed E-state index contributed by atoms with van der Waals surface area (Å²) in [5.41, 5.74) is 2.86. The van der Waals surface area contributed by atoms with Crippen molar-refractivity contribution in [3.8, 4) is 5.82 Å². The van der Waals surface area contributed by atoms with Gasteiger partial charge in [0.05, 0.1) is 16.8 Å². The zero-order valence-electron chi connectivity index (χ0n) is 17.5. The topological polar surface area (TPSA) is 106 Å². The Labute approximate surface area is 186 Å². The van der Waals surface area contributed by atoms with Gasteiger partial charge in [0.25, 0.3) is 15.9 Å². The lowest BCUT2D eigenvalue weighted by molar-refractivity contribution is 0.102. The van der Waals surface area contributed by atoms with Crippen molar-refractivity contribution in [3.05, 3.63) is 95.9 Å². The second-order valence-electron chi connectivity index (χ2n) is 7.26. The van der Waals surface area contributed by atoms with Gasteiger partial charge in [-0.1, -0.05) is 23.8 Å². The fourth-order valence-electron chi connectivity index (χ4n) is 3.05. The molecule has 1 amide bonds. The number of aromatic nitrogens is 3. The van der Waals surface area contributed by atoms with Gasteiger partial charge in [0.15, 0.2) is 5.82 Å². The van der Waals surface area contributed by atoms with E-state index in [1.54, 1.807) is 60.4 Å². The summed E-state index contributed by atoms with van der Waals surface area (Å²) < 4.78 is 29.8. The maximum Gasteiger partial charge on any atom is 0.261 e. The highest BCUT2D eigenvalue weighted by Gasteiger charge is 2.18. The number of anilines is 2. The van der Waals surface area contributed by atoms with E-state index in [0.29, 0.717) is 22.8 Å². The van der Waals surface area contributed by atoms with Gasteiger partial charge >= 0.3 is 0 Å². The van der Waals surface area contributed by atoms with E-state index in [2.05, 4.69) is 20.1 Å². The van der Waals surface area contributed by atoms with Crippen LogP contribution in [0.3, 0.4) is 0 Å². The summed E-state index contributed by atoms with van der Waals surface area (Å²) in [6.45, 7) is 3.67. The van der Waals surface area contributed by atoms with E-state index in [9.17, 15) is 13.2 Å². The number of carbonyl (C=O) groups is 1. The van der Waals surface area contributed by atoms with Crippen molar-refractivity contribution in [2.45, 2.75) is 18.7 Å². The number of carbonyl (C=O) groups excluding carboxylic acids is 1. The van der Waals surface area contributed by atoms with Crippen LogP contribution in [0.25, 0.3) is 5.82 Å². The average molecular weight is 448 g/mol. The largest absolute Gasteiger partial charge is 0.321 e. The fraction of sp³-hybridized carbons (Fsp3) is 0.0870. The number of sulfonamides is 1. The number of nitrogens with one attached hydrogen (secondary N) is 2. The summed E-state index contributed by atoms with van der Waals surface area (Å²) in [5.74, 6) is 0.183. The number of rotatable bonds is 6. The predicted octanol–water partition coefficient (Wildman–Crippen LogP) is 3.94. The molecule has 0 fully saturated rings. The third kappa shape index (κ3) is 4.68. The molecule has 0 aliphatic carbocycles. The first-order chi connectivity index (χ1) is 15.3. The highest BCUT2D eigenvalue weighted by atomic mass is 32.2.